The fraction of sp³-hybridized carbons (Fsp3) is 0.583. The normalized spacial score (nSPS) is 13.7. The summed E-state index contributed by atoms with van der Waals surface area (Å²) in [6, 6.07) is 4.03. The first kappa shape index (κ1) is 12.2. The Bertz CT molecular complexity index is 349. The Morgan fingerprint density at radius 3 is 2.40 bits per heavy atom. The summed E-state index contributed by atoms with van der Waals surface area (Å²) in [4.78, 5) is 13.8. The fourth-order valence-electron chi connectivity index (χ4n) is 1.04. The van der Waals surface area contributed by atoms with Crippen molar-refractivity contribution < 1.29 is 4.79 Å². The maximum Gasteiger partial charge on any atom is 0.261 e. The summed E-state index contributed by atoms with van der Waals surface area (Å²) >= 11 is 1.54. The molecule has 2 nitrogen and oxygen atoms in total. The van der Waals surface area contributed by atoms with Gasteiger partial charge in [0.05, 0.1) is 4.88 Å². The van der Waals surface area contributed by atoms with Crippen LogP contribution in [0.1, 0.15) is 42.2 Å². The molecule has 0 saturated heterocycles. The lowest BCUT2D eigenvalue weighted by Crippen LogP contribution is -2.41. The summed E-state index contributed by atoms with van der Waals surface area (Å²) in [7, 11) is 0. The van der Waals surface area contributed by atoms with Gasteiger partial charge in [-0.15, -0.1) is 11.3 Å². The third kappa shape index (κ3) is 3.34. The zero-order chi connectivity index (χ0) is 11.6. The second kappa shape index (κ2) is 4.35. The zero-order valence-electron chi connectivity index (χ0n) is 10.0. The van der Waals surface area contributed by atoms with Crippen molar-refractivity contribution in [2.45, 2.75) is 40.7 Å². The fourth-order valence-corrected chi connectivity index (χ4v) is 1.81. The highest BCUT2D eigenvalue weighted by Crippen LogP contribution is 2.20. The van der Waals surface area contributed by atoms with Crippen molar-refractivity contribution >= 4 is 17.2 Å². The van der Waals surface area contributed by atoms with E-state index in [1.54, 1.807) is 0 Å². The number of rotatable bonds is 2. The van der Waals surface area contributed by atoms with Crippen molar-refractivity contribution in [1.82, 2.24) is 5.32 Å². The van der Waals surface area contributed by atoms with Crippen molar-refractivity contribution in [1.29, 1.82) is 0 Å². The van der Waals surface area contributed by atoms with Crippen LogP contribution in [0.4, 0.5) is 0 Å². The number of amides is 1. The van der Waals surface area contributed by atoms with Crippen LogP contribution in [0.5, 0.6) is 0 Å². The van der Waals surface area contributed by atoms with E-state index in [0.717, 1.165) is 4.88 Å². The van der Waals surface area contributed by atoms with Gasteiger partial charge in [0.1, 0.15) is 0 Å². The number of hydrogen-bond acceptors (Lipinski definition) is 2. The van der Waals surface area contributed by atoms with E-state index in [1.165, 1.54) is 16.2 Å². The molecule has 0 aromatic carbocycles. The van der Waals surface area contributed by atoms with Gasteiger partial charge < -0.3 is 5.32 Å². The monoisotopic (exact) mass is 225 g/mol. The second-order valence-electron chi connectivity index (χ2n) is 4.97. The molecule has 1 N–H and O–H groups in total. The third-order valence-electron chi connectivity index (χ3n) is 2.61. The van der Waals surface area contributed by atoms with Crippen LogP contribution in [0.25, 0.3) is 0 Å². The first-order valence-electron chi connectivity index (χ1n) is 5.18. The molecule has 1 amide bonds. The molecular formula is C12H19NOS. The molecule has 1 aromatic rings. The molecule has 1 aromatic heterocycles. The number of carbonyl (C=O) groups is 1. The van der Waals surface area contributed by atoms with Gasteiger partial charge in [0.25, 0.3) is 5.91 Å². The molecule has 0 aliphatic rings. The van der Waals surface area contributed by atoms with Crippen LogP contribution in [-0.4, -0.2) is 11.9 Å². The smallest absolute Gasteiger partial charge is 0.261 e. The quantitative estimate of drug-likeness (QED) is 0.822. The van der Waals surface area contributed by atoms with Crippen LogP contribution in [0.3, 0.4) is 0 Å². The lowest BCUT2D eigenvalue weighted by Gasteiger charge is -2.27. The van der Waals surface area contributed by atoms with Crippen LogP contribution in [0.2, 0.25) is 0 Å². The van der Waals surface area contributed by atoms with Gasteiger partial charge in [-0.3, -0.25) is 4.79 Å². The Hall–Kier alpha value is -0.830. The number of hydrogen-bond donors (Lipinski definition) is 1. The topological polar surface area (TPSA) is 29.1 Å². The highest BCUT2D eigenvalue weighted by molar-refractivity contribution is 7.13. The molecule has 0 radical (unpaired) electrons. The van der Waals surface area contributed by atoms with E-state index in [1.807, 2.05) is 26.0 Å². The van der Waals surface area contributed by atoms with Crippen LogP contribution in [0, 0.1) is 12.3 Å². The molecule has 15 heavy (non-hydrogen) atoms. The van der Waals surface area contributed by atoms with E-state index in [9.17, 15) is 4.79 Å². The molecule has 1 unspecified atom stereocenters. The van der Waals surface area contributed by atoms with Gasteiger partial charge in [0, 0.05) is 10.9 Å². The first-order valence-corrected chi connectivity index (χ1v) is 5.99. The number of nitrogens with one attached hydrogen (secondary N) is 1. The van der Waals surface area contributed by atoms with E-state index in [2.05, 4.69) is 26.1 Å². The molecule has 84 valence electrons. The van der Waals surface area contributed by atoms with E-state index in [4.69, 9.17) is 0 Å². The Balaban J connectivity index is 2.64. The molecule has 0 fully saturated rings. The predicted octanol–water partition coefficient (Wildman–Crippen LogP) is 3.22. The van der Waals surface area contributed by atoms with Gasteiger partial charge in [0.2, 0.25) is 0 Å². The van der Waals surface area contributed by atoms with Crippen molar-refractivity contribution in [3.05, 3.63) is 21.9 Å². The standard InChI is InChI=1S/C12H19NOS/c1-8-6-7-10(15-8)11(14)13-9(2)12(3,4)5/h6-7,9H,1-5H3,(H,13,14). The third-order valence-corrected chi connectivity index (χ3v) is 3.61. The van der Waals surface area contributed by atoms with Crippen molar-refractivity contribution in [3.8, 4) is 0 Å². The van der Waals surface area contributed by atoms with Gasteiger partial charge in [-0.25, -0.2) is 0 Å². The van der Waals surface area contributed by atoms with E-state index < -0.39 is 0 Å². The molecule has 3 heteroatoms. The van der Waals surface area contributed by atoms with Crippen LogP contribution in [-0.2, 0) is 0 Å². The van der Waals surface area contributed by atoms with Crippen LogP contribution >= 0.6 is 11.3 Å². The Labute approximate surface area is 95.7 Å². The highest BCUT2D eigenvalue weighted by atomic mass is 32.1. The van der Waals surface area contributed by atoms with Gasteiger partial charge in [-0.2, -0.15) is 0 Å². The summed E-state index contributed by atoms with van der Waals surface area (Å²) in [5.41, 5.74) is 0.0992. The predicted molar refractivity (Wildman–Crippen MR) is 65.4 cm³/mol. The lowest BCUT2D eigenvalue weighted by molar-refractivity contribution is 0.0914. The molecule has 1 rings (SSSR count). The van der Waals surface area contributed by atoms with Crippen molar-refractivity contribution in [2.75, 3.05) is 0 Å². The van der Waals surface area contributed by atoms with E-state index in [0.29, 0.717) is 0 Å². The number of aryl methyl sites for hydroxylation is 1. The van der Waals surface area contributed by atoms with Crippen LogP contribution < -0.4 is 5.32 Å². The average Bonchev–Trinajstić information content (AvgIpc) is 2.50. The Kier molecular flexibility index (Phi) is 3.55. The van der Waals surface area contributed by atoms with Gasteiger partial charge in [-0.1, -0.05) is 20.8 Å². The maximum atomic E-state index is 11.8. The number of thiophene rings is 1. The number of carbonyl (C=O) groups excluding carboxylic acids is 1. The lowest BCUT2D eigenvalue weighted by atomic mass is 9.88. The van der Waals surface area contributed by atoms with E-state index in [-0.39, 0.29) is 17.4 Å². The average molecular weight is 225 g/mol. The molecule has 0 saturated carbocycles. The van der Waals surface area contributed by atoms with Gasteiger partial charge >= 0.3 is 0 Å². The van der Waals surface area contributed by atoms with Gasteiger partial charge in [-0.05, 0) is 31.4 Å². The first-order chi connectivity index (χ1) is 6.80. The van der Waals surface area contributed by atoms with Crippen molar-refractivity contribution in [2.24, 2.45) is 5.41 Å². The second-order valence-corrected chi connectivity index (χ2v) is 6.26. The molecular weight excluding hydrogens is 206 g/mol. The molecule has 0 spiro atoms. The minimum absolute atomic E-state index is 0.0375. The SMILES string of the molecule is Cc1ccc(C(=O)NC(C)C(C)(C)C)s1. The molecule has 1 heterocycles. The maximum absolute atomic E-state index is 11.8. The molecule has 0 aliphatic carbocycles. The summed E-state index contributed by atoms with van der Waals surface area (Å²) in [6.45, 7) is 10.4. The molecule has 0 bridgehead atoms. The van der Waals surface area contributed by atoms with E-state index >= 15 is 0 Å². The summed E-state index contributed by atoms with van der Waals surface area (Å²) in [6.07, 6.45) is 0. The summed E-state index contributed by atoms with van der Waals surface area (Å²) in [5.74, 6) is 0.0375. The minimum atomic E-state index is 0.0375. The molecule has 0 aliphatic heterocycles. The minimum Gasteiger partial charge on any atom is -0.348 e. The molecule has 1 atom stereocenters. The Morgan fingerprint density at radius 2 is 2.00 bits per heavy atom. The zero-order valence-corrected chi connectivity index (χ0v) is 10.9. The van der Waals surface area contributed by atoms with Crippen molar-refractivity contribution in [3.63, 3.8) is 0 Å². The largest absolute Gasteiger partial charge is 0.348 e. The Morgan fingerprint density at radius 1 is 1.40 bits per heavy atom. The van der Waals surface area contributed by atoms with Crippen LogP contribution in [0.15, 0.2) is 12.1 Å². The summed E-state index contributed by atoms with van der Waals surface area (Å²) < 4.78 is 0. The highest BCUT2D eigenvalue weighted by Gasteiger charge is 2.22. The van der Waals surface area contributed by atoms with Gasteiger partial charge in [0.15, 0.2) is 0 Å². The summed E-state index contributed by atoms with van der Waals surface area (Å²) in [5, 5.41) is 3.02.